The highest BCUT2D eigenvalue weighted by Gasteiger charge is 2.15. The molecule has 4 nitrogen and oxygen atoms in total. The van der Waals surface area contributed by atoms with E-state index in [-0.39, 0.29) is 6.61 Å². The van der Waals surface area contributed by atoms with Crippen LogP contribution >= 0.6 is 11.8 Å². The van der Waals surface area contributed by atoms with E-state index in [2.05, 4.69) is 6.92 Å². The van der Waals surface area contributed by atoms with Crippen molar-refractivity contribution in [2.75, 3.05) is 12.4 Å². The number of thioether (sulfide) groups is 1. The Morgan fingerprint density at radius 1 is 1.50 bits per heavy atom. The molecule has 84 valence electrons. The average molecular weight is 222 g/mol. The number of aliphatic hydroxyl groups is 1. The van der Waals surface area contributed by atoms with Crippen molar-refractivity contribution in [1.29, 1.82) is 0 Å². The van der Waals surface area contributed by atoms with E-state index in [0.29, 0.717) is 17.4 Å². The molecule has 14 heavy (non-hydrogen) atoms. The topological polar surface area (TPSA) is 83.5 Å². The Labute approximate surface area is 88.9 Å². The van der Waals surface area contributed by atoms with Crippen molar-refractivity contribution >= 4 is 17.7 Å². The van der Waals surface area contributed by atoms with E-state index in [1.807, 2.05) is 0 Å². The molecule has 5 heteroatoms. The number of carboxylic acids is 1. The molecule has 0 saturated heterocycles. The SMILES string of the molecule is [13CH3]CCC(CCO)SC[C@H](N)C(=O)O. The Bertz CT molecular complexity index is 160. The summed E-state index contributed by atoms with van der Waals surface area (Å²) in [6.45, 7) is 2.22. The molecular weight excluding hydrogens is 203 g/mol. The van der Waals surface area contributed by atoms with Crippen LogP contribution in [0.4, 0.5) is 0 Å². The van der Waals surface area contributed by atoms with Gasteiger partial charge in [0.15, 0.2) is 0 Å². The summed E-state index contributed by atoms with van der Waals surface area (Å²) in [6, 6.07) is -0.793. The van der Waals surface area contributed by atoms with Crippen LogP contribution in [0.1, 0.15) is 26.2 Å². The lowest BCUT2D eigenvalue weighted by molar-refractivity contribution is -0.137. The molecule has 0 aromatic carbocycles. The van der Waals surface area contributed by atoms with Crippen LogP contribution in [0.5, 0.6) is 0 Å². The maximum atomic E-state index is 10.4. The Morgan fingerprint density at radius 3 is 2.57 bits per heavy atom. The third kappa shape index (κ3) is 6.23. The lowest BCUT2D eigenvalue weighted by atomic mass is 10.2. The van der Waals surface area contributed by atoms with Crippen molar-refractivity contribution in [3.8, 4) is 0 Å². The first kappa shape index (κ1) is 13.7. The minimum Gasteiger partial charge on any atom is -0.480 e. The first-order chi connectivity index (χ1) is 6.61. The highest BCUT2D eigenvalue weighted by molar-refractivity contribution is 7.99. The molecule has 0 radical (unpaired) electrons. The predicted molar refractivity (Wildman–Crippen MR) is 58.5 cm³/mol. The first-order valence-electron chi connectivity index (χ1n) is 4.82. The summed E-state index contributed by atoms with van der Waals surface area (Å²) in [5.41, 5.74) is 5.37. The predicted octanol–water partition coefficient (Wildman–Crippen LogP) is 0.683. The number of aliphatic hydroxyl groups excluding tert-OH is 1. The number of nitrogens with two attached hydrogens (primary N) is 1. The summed E-state index contributed by atoms with van der Waals surface area (Å²) >= 11 is 1.54. The van der Waals surface area contributed by atoms with Gasteiger partial charge in [0, 0.05) is 17.6 Å². The van der Waals surface area contributed by atoms with Crippen molar-refractivity contribution in [3.63, 3.8) is 0 Å². The molecule has 0 bridgehead atoms. The van der Waals surface area contributed by atoms with Gasteiger partial charge in [-0.15, -0.1) is 0 Å². The van der Waals surface area contributed by atoms with E-state index in [1.165, 1.54) is 0 Å². The zero-order valence-corrected chi connectivity index (χ0v) is 9.30. The number of carbonyl (C=O) groups is 1. The van der Waals surface area contributed by atoms with Crippen LogP contribution in [-0.4, -0.2) is 39.8 Å². The van der Waals surface area contributed by atoms with Gasteiger partial charge in [-0.25, -0.2) is 0 Å². The van der Waals surface area contributed by atoms with Crippen LogP contribution in [0.25, 0.3) is 0 Å². The third-order valence-corrected chi connectivity index (χ3v) is 3.38. The second-order valence-corrected chi connectivity index (χ2v) is 4.53. The maximum Gasteiger partial charge on any atom is 0.321 e. The molecule has 0 aliphatic carbocycles. The standard InChI is InChI=1S/C9H19NO3S/c1-2-3-7(4-5-11)14-6-8(10)9(12)13/h7-8,11H,2-6,10H2,1H3,(H,12,13)/t7?,8-/m0/s1/i1+1. The Kier molecular flexibility index (Phi) is 7.93. The summed E-state index contributed by atoms with van der Waals surface area (Å²) in [5, 5.41) is 17.7. The van der Waals surface area contributed by atoms with Crippen LogP contribution in [-0.2, 0) is 4.79 Å². The van der Waals surface area contributed by atoms with Gasteiger partial charge in [-0.2, -0.15) is 11.8 Å². The minimum atomic E-state index is -0.961. The minimum absolute atomic E-state index is 0.153. The van der Waals surface area contributed by atoms with Crippen molar-refractivity contribution in [2.24, 2.45) is 5.73 Å². The van der Waals surface area contributed by atoms with Crippen molar-refractivity contribution in [2.45, 2.75) is 37.5 Å². The lowest BCUT2D eigenvalue weighted by Gasteiger charge is -2.15. The monoisotopic (exact) mass is 222 g/mol. The fourth-order valence-corrected chi connectivity index (χ4v) is 2.38. The number of aliphatic carboxylic acids is 1. The Morgan fingerprint density at radius 2 is 2.14 bits per heavy atom. The van der Waals surface area contributed by atoms with Gasteiger partial charge in [0.25, 0.3) is 0 Å². The fourth-order valence-electron chi connectivity index (χ4n) is 1.09. The summed E-state index contributed by atoms with van der Waals surface area (Å²) in [5.74, 6) is -0.545. The summed E-state index contributed by atoms with van der Waals surface area (Å²) in [6.07, 6.45) is 2.75. The Hall–Kier alpha value is -0.260. The molecule has 0 aromatic heterocycles. The molecule has 0 amide bonds. The Balaban J connectivity index is 3.74. The number of hydrogen-bond donors (Lipinski definition) is 3. The van der Waals surface area contributed by atoms with Gasteiger partial charge in [-0.05, 0) is 12.8 Å². The molecule has 0 aliphatic heterocycles. The number of carboxylic acid groups (broad SMARTS) is 1. The van der Waals surface area contributed by atoms with Gasteiger partial charge in [-0.3, -0.25) is 4.79 Å². The second kappa shape index (κ2) is 8.08. The highest BCUT2D eigenvalue weighted by atomic mass is 32.2. The van der Waals surface area contributed by atoms with E-state index in [1.54, 1.807) is 11.8 Å². The number of rotatable bonds is 8. The van der Waals surface area contributed by atoms with Crippen LogP contribution in [0.3, 0.4) is 0 Å². The molecule has 0 saturated carbocycles. The molecule has 2 atom stereocenters. The fraction of sp³-hybridized carbons (Fsp3) is 0.889. The molecular formula is C9H19NO3S. The van der Waals surface area contributed by atoms with Gasteiger partial charge in [0.05, 0.1) is 0 Å². The summed E-state index contributed by atoms with van der Waals surface area (Å²) in [4.78, 5) is 10.4. The van der Waals surface area contributed by atoms with E-state index in [9.17, 15) is 4.79 Å². The van der Waals surface area contributed by atoms with Crippen LogP contribution < -0.4 is 5.73 Å². The van der Waals surface area contributed by atoms with Crippen molar-refractivity contribution in [3.05, 3.63) is 0 Å². The van der Waals surface area contributed by atoms with Crippen molar-refractivity contribution in [1.82, 2.24) is 0 Å². The van der Waals surface area contributed by atoms with Gasteiger partial charge in [0.2, 0.25) is 0 Å². The molecule has 0 heterocycles. The highest BCUT2D eigenvalue weighted by Crippen LogP contribution is 2.20. The number of hydrogen-bond acceptors (Lipinski definition) is 4. The van der Waals surface area contributed by atoms with Gasteiger partial charge >= 0.3 is 5.97 Å². The molecule has 0 spiro atoms. The second-order valence-electron chi connectivity index (χ2n) is 3.20. The zero-order valence-electron chi connectivity index (χ0n) is 8.48. The normalized spacial score (nSPS) is 15.1. The smallest absolute Gasteiger partial charge is 0.321 e. The van der Waals surface area contributed by atoms with E-state index >= 15 is 0 Å². The zero-order chi connectivity index (χ0) is 11.0. The average Bonchev–Trinajstić information content (AvgIpc) is 2.14. The van der Waals surface area contributed by atoms with E-state index < -0.39 is 12.0 Å². The molecule has 0 aromatic rings. The van der Waals surface area contributed by atoms with Crippen LogP contribution in [0, 0.1) is 0 Å². The van der Waals surface area contributed by atoms with Crippen LogP contribution in [0.2, 0.25) is 0 Å². The van der Waals surface area contributed by atoms with E-state index in [0.717, 1.165) is 12.8 Å². The lowest BCUT2D eigenvalue weighted by Crippen LogP contribution is -2.33. The molecule has 0 fully saturated rings. The van der Waals surface area contributed by atoms with Crippen LogP contribution in [0.15, 0.2) is 0 Å². The van der Waals surface area contributed by atoms with Gasteiger partial charge < -0.3 is 15.9 Å². The largest absolute Gasteiger partial charge is 0.480 e. The molecule has 0 aliphatic rings. The maximum absolute atomic E-state index is 10.4. The molecule has 4 N–H and O–H groups in total. The summed E-state index contributed by atoms with van der Waals surface area (Å²) in [7, 11) is 0. The summed E-state index contributed by atoms with van der Waals surface area (Å²) < 4.78 is 0. The molecule has 0 rings (SSSR count). The quantitative estimate of drug-likeness (QED) is 0.526. The first-order valence-corrected chi connectivity index (χ1v) is 5.87. The third-order valence-electron chi connectivity index (χ3n) is 1.89. The van der Waals surface area contributed by atoms with Gasteiger partial charge in [-0.1, -0.05) is 13.3 Å². The molecule has 1 unspecified atom stereocenters. The van der Waals surface area contributed by atoms with Gasteiger partial charge in [0.1, 0.15) is 6.04 Å². The van der Waals surface area contributed by atoms with Crippen molar-refractivity contribution < 1.29 is 15.0 Å². The van der Waals surface area contributed by atoms with E-state index in [4.69, 9.17) is 15.9 Å².